The van der Waals surface area contributed by atoms with E-state index < -0.39 is 4.92 Å². The van der Waals surface area contributed by atoms with Crippen molar-refractivity contribution in [2.24, 2.45) is 7.05 Å². The molecular weight excluding hydrogens is 282 g/mol. The number of halogens is 1. The first-order valence-corrected chi connectivity index (χ1v) is 6.27. The lowest BCUT2D eigenvalue weighted by atomic mass is 10.3. The molecule has 2 rings (SSSR count). The van der Waals surface area contributed by atoms with Crippen LogP contribution in [-0.2, 0) is 13.6 Å². The Kier molecular flexibility index (Phi) is 3.89. The zero-order valence-corrected chi connectivity index (χ0v) is 12.1. The second-order valence-corrected chi connectivity index (χ2v) is 4.90. The summed E-state index contributed by atoms with van der Waals surface area (Å²) in [4.78, 5) is 16.7. The molecule has 0 unspecified atom stereocenters. The van der Waals surface area contributed by atoms with Crippen LogP contribution in [0, 0.1) is 17.0 Å². The zero-order chi connectivity index (χ0) is 14.9. The molecule has 0 aliphatic carbocycles. The molecule has 0 N–H and O–H groups in total. The second-order valence-electron chi connectivity index (χ2n) is 4.46. The molecule has 2 heterocycles. The van der Waals surface area contributed by atoms with Gasteiger partial charge in [0, 0.05) is 25.3 Å². The number of pyridine rings is 1. The first kappa shape index (κ1) is 14.3. The first-order chi connectivity index (χ1) is 9.40. The Balaban J connectivity index is 2.34. The second kappa shape index (κ2) is 5.46. The van der Waals surface area contributed by atoms with Gasteiger partial charge in [-0.15, -0.1) is 0 Å². The van der Waals surface area contributed by atoms with Crippen molar-refractivity contribution in [3.05, 3.63) is 44.9 Å². The van der Waals surface area contributed by atoms with Crippen molar-refractivity contribution < 1.29 is 4.92 Å². The molecule has 0 spiro atoms. The van der Waals surface area contributed by atoms with Crippen LogP contribution in [0.4, 0.5) is 11.5 Å². The molecule has 7 nitrogen and oxygen atoms in total. The van der Waals surface area contributed by atoms with Gasteiger partial charge in [0.15, 0.2) is 0 Å². The van der Waals surface area contributed by atoms with E-state index in [1.807, 2.05) is 0 Å². The smallest absolute Gasteiger partial charge is 0.333 e. The fraction of sp³-hybridized carbons (Fsp3) is 0.333. The summed E-state index contributed by atoms with van der Waals surface area (Å²) >= 11 is 5.91. The molecule has 0 saturated carbocycles. The average molecular weight is 296 g/mol. The molecule has 0 radical (unpaired) electrons. The Morgan fingerprint density at radius 1 is 1.55 bits per heavy atom. The number of aromatic nitrogens is 3. The standard InChI is InChI=1S/C12H14ClN5O2/c1-8-11(18(19)20)12(17(3)15-8)16(2)7-10-6-9(13)4-5-14-10/h4-6H,7H2,1-3H3. The summed E-state index contributed by atoms with van der Waals surface area (Å²) in [6.07, 6.45) is 1.61. The molecule has 2 aromatic heterocycles. The number of rotatable bonds is 4. The van der Waals surface area contributed by atoms with Crippen molar-refractivity contribution in [1.29, 1.82) is 0 Å². The van der Waals surface area contributed by atoms with Gasteiger partial charge in [-0.1, -0.05) is 11.6 Å². The minimum Gasteiger partial charge on any atom is -0.348 e. The highest BCUT2D eigenvalue weighted by Gasteiger charge is 2.26. The van der Waals surface area contributed by atoms with E-state index in [-0.39, 0.29) is 5.69 Å². The minimum atomic E-state index is -0.417. The molecule has 20 heavy (non-hydrogen) atoms. The Morgan fingerprint density at radius 2 is 2.25 bits per heavy atom. The van der Waals surface area contributed by atoms with E-state index in [2.05, 4.69) is 10.1 Å². The molecule has 0 atom stereocenters. The summed E-state index contributed by atoms with van der Waals surface area (Å²) in [7, 11) is 3.43. The van der Waals surface area contributed by atoms with Crippen molar-refractivity contribution in [2.75, 3.05) is 11.9 Å². The molecule has 0 bridgehead atoms. The Morgan fingerprint density at radius 3 is 2.85 bits per heavy atom. The average Bonchev–Trinajstić information content (AvgIpc) is 2.64. The van der Waals surface area contributed by atoms with Crippen LogP contribution in [0.3, 0.4) is 0 Å². The predicted octanol–water partition coefficient (Wildman–Crippen LogP) is 2.32. The third-order valence-corrected chi connectivity index (χ3v) is 3.12. The van der Waals surface area contributed by atoms with Crippen molar-refractivity contribution in [3.63, 3.8) is 0 Å². The molecule has 8 heteroatoms. The van der Waals surface area contributed by atoms with Crippen LogP contribution in [0.25, 0.3) is 0 Å². The summed E-state index contributed by atoms with van der Waals surface area (Å²) in [5, 5.41) is 15.8. The number of hydrogen-bond donors (Lipinski definition) is 0. The monoisotopic (exact) mass is 295 g/mol. The highest BCUT2D eigenvalue weighted by atomic mass is 35.5. The number of hydrogen-bond acceptors (Lipinski definition) is 5. The fourth-order valence-corrected chi connectivity index (χ4v) is 2.31. The summed E-state index contributed by atoms with van der Waals surface area (Å²) in [6, 6.07) is 3.41. The zero-order valence-electron chi connectivity index (χ0n) is 11.4. The van der Waals surface area contributed by atoms with Crippen molar-refractivity contribution in [3.8, 4) is 0 Å². The maximum absolute atomic E-state index is 11.2. The van der Waals surface area contributed by atoms with Gasteiger partial charge in [-0.2, -0.15) is 5.10 Å². The molecule has 0 aliphatic rings. The molecule has 0 aliphatic heterocycles. The van der Waals surface area contributed by atoms with Gasteiger partial charge >= 0.3 is 5.69 Å². The van der Waals surface area contributed by atoms with E-state index in [0.29, 0.717) is 23.1 Å². The van der Waals surface area contributed by atoms with Gasteiger partial charge < -0.3 is 4.90 Å². The van der Waals surface area contributed by atoms with Gasteiger partial charge in [-0.25, -0.2) is 4.68 Å². The van der Waals surface area contributed by atoms with E-state index in [1.54, 1.807) is 44.2 Å². The fourth-order valence-electron chi connectivity index (χ4n) is 2.13. The minimum absolute atomic E-state index is 0.0111. The van der Waals surface area contributed by atoms with Crippen LogP contribution in [0.15, 0.2) is 18.3 Å². The molecule has 0 saturated heterocycles. The number of nitrogens with zero attached hydrogens (tertiary/aromatic N) is 5. The molecule has 0 amide bonds. The molecule has 2 aromatic rings. The predicted molar refractivity (Wildman–Crippen MR) is 76.0 cm³/mol. The Bertz CT molecular complexity index is 655. The van der Waals surface area contributed by atoms with E-state index in [1.165, 1.54) is 4.68 Å². The SMILES string of the molecule is Cc1nn(C)c(N(C)Cc2cc(Cl)ccn2)c1[N+](=O)[O-]. The van der Waals surface area contributed by atoms with Gasteiger partial charge in [0.05, 0.1) is 17.2 Å². The van der Waals surface area contributed by atoms with Gasteiger partial charge in [0.25, 0.3) is 0 Å². The Hall–Kier alpha value is -2.15. The van der Waals surface area contributed by atoms with Gasteiger partial charge in [0.2, 0.25) is 5.82 Å². The van der Waals surface area contributed by atoms with Gasteiger partial charge in [-0.3, -0.25) is 15.1 Å². The van der Waals surface area contributed by atoms with Gasteiger partial charge in [0.1, 0.15) is 5.69 Å². The lowest BCUT2D eigenvalue weighted by Crippen LogP contribution is -2.21. The van der Waals surface area contributed by atoms with Crippen LogP contribution in [0.2, 0.25) is 5.02 Å². The molecule has 106 valence electrons. The highest BCUT2D eigenvalue weighted by molar-refractivity contribution is 6.30. The summed E-state index contributed by atoms with van der Waals surface area (Å²) in [5.74, 6) is 0.439. The number of nitro groups is 1. The Labute approximate surface area is 120 Å². The van der Waals surface area contributed by atoms with Crippen LogP contribution >= 0.6 is 11.6 Å². The summed E-state index contributed by atoms with van der Waals surface area (Å²) < 4.78 is 1.50. The summed E-state index contributed by atoms with van der Waals surface area (Å²) in [6.45, 7) is 2.02. The van der Waals surface area contributed by atoms with E-state index in [4.69, 9.17) is 11.6 Å². The lowest BCUT2D eigenvalue weighted by molar-refractivity contribution is -0.384. The normalized spacial score (nSPS) is 10.6. The number of aryl methyl sites for hydroxylation is 2. The maximum Gasteiger partial charge on any atom is 0.333 e. The van der Waals surface area contributed by atoms with E-state index >= 15 is 0 Å². The topological polar surface area (TPSA) is 77.1 Å². The highest BCUT2D eigenvalue weighted by Crippen LogP contribution is 2.30. The van der Waals surface area contributed by atoms with E-state index in [0.717, 1.165) is 5.69 Å². The largest absolute Gasteiger partial charge is 0.348 e. The first-order valence-electron chi connectivity index (χ1n) is 5.89. The van der Waals surface area contributed by atoms with Crippen LogP contribution in [0.5, 0.6) is 0 Å². The third-order valence-electron chi connectivity index (χ3n) is 2.88. The summed E-state index contributed by atoms with van der Waals surface area (Å²) in [5.41, 5.74) is 1.13. The molecule has 0 fully saturated rings. The van der Waals surface area contributed by atoms with Crippen molar-refractivity contribution in [1.82, 2.24) is 14.8 Å². The number of anilines is 1. The lowest BCUT2D eigenvalue weighted by Gasteiger charge is -2.17. The third kappa shape index (κ3) is 2.72. The molecular formula is C12H14ClN5O2. The van der Waals surface area contributed by atoms with Crippen molar-refractivity contribution in [2.45, 2.75) is 13.5 Å². The maximum atomic E-state index is 11.2. The quantitative estimate of drug-likeness (QED) is 0.639. The van der Waals surface area contributed by atoms with Crippen molar-refractivity contribution >= 4 is 23.1 Å². The van der Waals surface area contributed by atoms with Crippen LogP contribution in [0.1, 0.15) is 11.4 Å². The van der Waals surface area contributed by atoms with Gasteiger partial charge in [-0.05, 0) is 19.1 Å². The van der Waals surface area contributed by atoms with E-state index in [9.17, 15) is 10.1 Å². The van der Waals surface area contributed by atoms with Crippen LogP contribution in [-0.4, -0.2) is 26.7 Å². The molecule has 0 aromatic carbocycles. The van der Waals surface area contributed by atoms with Crippen LogP contribution < -0.4 is 4.90 Å².